The van der Waals surface area contributed by atoms with Crippen LogP contribution in [-0.4, -0.2) is 19.1 Å². The Kier molecular flexibility index (Phi) is 6.09. The van der Waals surface area contributed by atoms with Crippen LogP contribution in [0.4, 0.5) is 0 Å². The van der Waals surface area contributed by atoms with Gasteiger partial charge in [0.2, 0.25) is 5.95 Å². The number of hydrogen-bond acceptors (Lipinski definition) is 3. The lowest BCUT2D eigenvalue weighted by molar-refractivity contribution is 0.998. The van der Waals surface area contributed by atoms with Gasteiger partial charge in [0.25, 0.3) is 0 Å². The zero-order valence-electron chi connectivity index (χ0n) is 27.4. The molecule has 0 spiro atoms. The highest BCUT2D eigenvalue weighted by atomic mass is 32.1. The van der Waals surface area contributed by atoms with Gasteiger partial charge in [-0.2, -0.15) is 0 Å². The maximum Gasteiger partial charge on any atom is 0.235 e. The quantitative estimate of drug-likeness (QED) is 0.187. The molecule has 0 aliphatic heterocycles. The summed E-state index contributed by atoms with van der Waals surface area (Å²) in [6.07, 6.45) is 0. The zero-order valence-corrected chi connectivity index (χ0v) is 28.2. The molecular weight excluding hydrogens is 641 g/mol. The molecule has 0 unspecified atom stereocenters. The topological polar surface area (TPSA) is 35.6 Å². The average Bonchev–Trinajstić information content (AvgIpc) is 3.87. The van der Waals surface area contributed by atoms with Crippen molar-refractivity contribution >= 4 is 75.1 Å². The van der Waals surface area contributed by atoms with Crippen molar-refractivity contribution in [3.8, 4) is 34.2 Å². The zero-order chi connectivity index (χ0) is 33.5. The molecule has 4 nitrogen and oxygen atoms in total. The van der Waals surface area contributed by atoms with E-state index in [1.54, 1.807) is 0 Å². The summed E-state index contributed by atoms with van der Waals surface area (Å²) in [7, 11) is 0. The van der Waals surface area contributed by atoms with Crippen LogP contribution >= 0.6 is 11.3 Å². The van der Waals surface area contributed by atoms with Crippen LogP contribution in [0.1, 0.15) is 0 Å². The lowest BCUT2D eigenvalue weighted by atomic mass is 10.0. The molecule has 4 aromatic heterocycles. The molecule has 0 aliphatic rings. The molecule has 0 atom stereocenters. The fourth-order valence-electron chi connectivity index (χ4n) is 7.99. The van der Waals surface area contributed by atoms with Crippen molar-refractivity contribution in [2.45, 2.75) is 0 Å². The predicted molar refractivity (Wildman–Crippen MR) is 214 cm³/mol. The van der Waals surface area contributed by atoms with E-state index in [2.05, 4.69) is 167 Å². The third-order valence-corrected chi connectivity index (χ3v) is 11.3. The molecule has 0 bridgehead atoms. The Balaban J connectivity index is 1.40. The number of para-hydroxylation sites is 3. The van der Waals surface area contributed by atoms with E-state index < -0.39 is 0 Å². The van der Waals surface area contributed by atoms with E-state index in [0.29, 0.717) is 5.95 Å². The van der Waals surface area contributed by atoms with Crippen LogP contribution < -0.4 is 0 Å². The first-order valence-electron chi connectivity index (χ1n) is 17.2. The third-order valence-electron chi connectivity index (χ3n) is 10.1. The van der Waals surface area contributed by atoms with Crippen molar-refractivity contribution in [1.29, 1.82) is 0 Å². The summed E-state index contributed by atoms with van der Waals surface area (Å²) in [5.41, 5.74) is 9.67. The molecule has 11 rings (SSSR count). The van der Waals surface area contributed by atoms with Crippen LogP contribution in [-0.2, 0) is 0 Å². The molecule has 11 aromatic rings. The minimum atomic E-state index is 0.657. The Labute approximate surface area is 297 Å². The van der Waals surface area contributed by atoms with E-state index in [0.717, 1.165) is 39.2 Å². The standard InChI is InChI=1S/C46H28N4S/c1-4-16-29(17-5-1)35-28-36(30-18-6-2-7-19-30)48-46(47-35)50-38-26-14-11-23-33(38)40-41-32-22-10-13-25-37(32)49(31-20-8-3-9-21-31)44(41)45-42(43(40)50)34-24-12-15-27-39(34)51-45/h1-28H. The van der Waals surface area contributed by atoms with Gasteiger partial charge in [0.05, 0.1) is 38.2 Å². The van der Waals surface area contributed by atoms with Crippen LogP contribution in [0.5, 0.6) is 0 Å². The number of thiophene rings is 1. The van der Waals surface area contributed by atoms with E-state index in [9.17, 15) is 0 Å². The monoisotopic (exact) mass is 668 g/mol. The van der Waals surface area contributed by atoms with Crippen LogP contribution in [0.2, 0.25) is 0 Å². The molecule has 0 saturated carbocycles. The Morgan fingerprint density at radius 1 is 0.412 bits per heavy atom. The van der Waals surface area contributed by atoms with Crippen LogP contribution in [0, 0.1) is 0 Å². The van der Waals surface area contributed by atoms with Gasteiger partial charge in [-0.3, -0.25) is 4.57 Å². The molecule has 0 fully saturated rings. The molecule has 4 heterocycles. The highest BCUT2D eigenvalue weighted by Gasteiger charge is 2.27. The number of hydrogen-bond donors (Lipinski definition) is 0. The Hall–Kier alpha value is -6.56. The average molecular weight is 669 g/mol. The highest BCUT2D eigenvalue weighted by Crippen LogP contribution is 2.51. The number of nitrogens with zero attached hydrogens (tertiary/aromatic N) is 4. The maximum atomic E-state index is 5.39. The van der Waals surface area contributed by atoms with Gasteiger partial charge in [0.15, 0.2) is 0 Å². The van der Waals surface area contributed by atoms with Gasteiger partial charge < -0.3 is 4.57 Å². The number of aromatic nitrogens is 4. The van der Waals surface area contributed by atoms with Crippen molar-refractivity contribution in [2.75, 3.05) is 0 Å². The molecule has 5 heteroatoms. The van der Waals surface area contributed by atoms with Crippen molar-refractivity contribution in [3.05, 3.63) is 170 Å². The lowest BCUT2D eigenvalue weighted by Crippen LogP contribution is -2.04. The van der Waals surface area contributed by atoms with E-state index >= 15 is 0 Å². The van der Waals surface area contributed by atoms with Crippen molar-refractivity contribution in [2.24, 2.45) is 0 Å². The number of rotatable bonds is 4. The molecule has 0 N–H and O–H groups in total. The summed E-state index contributed by atoms with van der Waals surface area (Å²) in [6.45, 7) is 0. The summed E-state index contributed by atoms with van der Waals surface area (Å²) >= 11 is 1.87. The molecule has 0 saturated heterocycles. The summed E-state index contributed by atoms with van der Waals surface area (Å²) in [4.78, 5) is 10.8. The highest BCUT2D eigenvalue weighted by molar-refractivity contribution is 7.27. The fraction of sp³-hybridized carbons (Fsp3) is 0. The first-order valence-corrected chi connectivity index (χ1v) is 18.0. The fourth-order valence-corrected chi connectivity index (χ4v) is 9.23. The SMILES string of the molecule is c1ccc(-c2cc(-c3ccccc3)nc(-n3c4ccccc4c4c5c6ccccc6n(-c6ccccc6)c5c5sc6ccccc6c5c43)n2)cc1. The molecular formula is C46H28N4S. The molecule has 238 valence electrons. The lowest BCUT2D eigenvalue weighted by Gasteiger charge is -2.13. The van der Waals surface area contributed by atoms with Crippen molar-refractivity contribution < 1.29 is 0 Å². The summed E-state index contributed by atoms with van der Waals surface area (Å²) in [5, 5.41) is 7.34. The van der Waals surface area contributed by atoms with E-state index in [-0.39, 0.29) is 0 Å². The molecule has 51 heavy (non-hydrogen) atoms. The van der Waals surface area contributed by atoms with E-state index in [4.69, 9.17) is 9.97 Å². The van der Waals surface area contributed by atoms with Crippen molar-refractivity contribution in [3.63, 3.8) is 0 Å². The van der Waals surface area contributed by atoms with E-state index in [1.165, 1.54) is 52.8 Å². The minimum absolute atomic E-state index is 0.657. The second-order valence-electron chi connectivity index (χ2n) is 13.0. The van der Waals surface area contributed by atoms with Gasteiger partial charge in [-0.1, -0.05) is 133 Å². The summed E-state index contributed by atoms with van der Waals surface area (Å²) < 4.78 is 7.31. The first-order chi connectivity index (χ1) is 25.3. The second-order valence-corrected chi connectivity index (χ2v) is 14.0. The Bertz CT molecular complexity index is 3060. The normalized spacial score (nSPS) is 11.9. The van der Waals surface area contributed by atoms with Crippen LogP contribution in [0.15, 0.2) is 170 Å². The molecule has 0 radical (unpaired) electrons. The second kappa shape index (κ2) is 11.0. The summed E-state index contributed by atoms with van der Waals surface area (Å²) in [5.74, 6) is 0.657. The van der Waals surface area contributed by atoms with Crippen molar-refractivity contribution in [1.82, 2.24) is 19.1 Å². The predicted octanol–water partition coefficient (Wildman–Crippen LogP) is 12.4. The van der Waals surface area contributed by atoms with E-state index in [1.807, 2.05) is 23.5 Å². The number of benzene rings is 7. The maximum absolute atomic E-state index is 5.39. The molecule has 0 aliphatic carbocycles. The van der Waals surface area contributed by atoms with Crippen LogP contribution in [0.25, 0.3) is 97.9 Å². The van der Waals surface area contributed by atoms with Crippen LogP contribution in [0.3, 0.4) is 0 Å². The molecule has 7 aromatic carbocycles. The van der Waals surface area contributed by atoms with Gasteiger partial charge in [0.1, 0.15) is 0 Å². The Morgan fingerprint density at radius 2 is 0.902 bits per heavy atom. The Morgan fingerprint density at radius 3 is 1.53 bits per heavy atom. The first kappa shape index (κ1) is 28.3. The third kappa shape index (κ3) is 4.13. The van der Waals surface area contributed by atoms with Gasteiger partial charge in [0, 0.05) is 53.8 Å². The smallest absolute Gasteiger partial charge is 0.235 e. The van der Waals surface area contributed by atoms with Gasteiger partial charge in [-0.25, -0.2) is 9.97 Å². The molecule has 0 amide bonds. The van der Waals surface area contributed by atoms with Gasteiger partial charge >= 0.3 is 0 Å². The largest absolute Gasteiger partial charge is 0.308 e. The number of fused-ring (bicyclic) bond motifs is 12. The van der Waals surface area contributed by atoms with Gasteiger partial charge in [-0.05, 0) is 36.4 Å². The van der Waals surface area contributed by atoms with Gasteiger partial charge in [-0.15, -0.1) is 11.3 Å². The summed E-state index contributed by atoms with van der Waals surface area (Å²) in [6, 6.07) is 60.2. The minimum Gasteiger partial charge on any atom is -0.308 e.